The van der Waals surface area contributed by atoms with Crippen LogP contribution in [0.15, 0.2) is 48.9 Å². The van der Waals surface area contributed by atoms with Gasteiger partial charge >= 0.3 is 6.09 Å². The number of carbonyl (C=O) groups is 3. The lowest BCUT2D eigenvalue weighted by Crippen LogP contribution is -2.30. The summed E-state index contributed by atoms with van der Waals surface area (Å²) in [6, 6.07) is 9.18. The van der Waals surface area contributed by atoms with E-state index in [0.29, 0.717) is 53.4 Å². The highest BCUT2D eigenvalue weighted by Gasteiger charge is 2.25. The number of aromatic amines is 1. The van der Waals surface area contributed by atoms with Crippen molar-refractivity contribution in [2.45, 2.75) is 39.2 Å². The standard InChI is InChI=1S/C29H29ClFN7O4/c1-15-6-4-8-20(36-28(40)25-16(2)38(14-33-25)23-9-5-7-19(30)24(23)31)22-13-32-26(35-22)18-11-10-17(34-29(41)42-3)12-21(18)37-27(15)39/h5,7,9-15,20H,4,6,8H2,1-3H3,(H,32,35)(H,34,41)(H,36,40)(H,37,39). The summed E-state index contributed by atoms with van der Waals surface area (Å²) in [4.78, 5) is 50.2. The zero-order chi connectivity index (χ0) is 30.0. The third-order valence-electron chi connectivity index (χ3n) is 7.23. The number of aromatic nitrogens is 4. The van der Waals surface area contributed by atoms with Crippen molar-refractivity contribution in [2.75, 3.05) is 17.7 Å². The molecule has 3 heterocycles. The first-order valence-corrected chi connectivity index (χ1v) is 13.7. The van der Waals surface area contributed by atoms with E-state index in [0.717, 1.165) is 0 Å². The molecule has 4 aromatic rings. The van der Waals surface area contributed by atoms with E-state index >= 15 is 0 Å². The first-order valence-electron chi connectivity index (χ1n) is 13.3. The average molecular weight is 594 g/mol. The molecule has 0 spiro atoms. The third-order valence-corrected chi connectivity index (χ3v) is 7.52. The summed E-state index contributed by atoms with van der Waals surface area (Å²) in [5.74, 6) is -1.09. The van der Waals surface area contributed by atoms with Gasteiger partial charge in [0.2, 0.25) is 5.91 Å². The van der Waals surface area contributed by atoms with Gasteiger partial charge in [-0.05, 0) is 50.1 Å². The van der Waals surface area contributed by atoms with Crippen LogP contribution < -0.4 is 16.0 Å². The topological polar surface area (TPSA) is 143 Å². The van der Waals surface area contributed by atoms with E-state index in [4.69, 9.17) is 11.6 Å². The number of nitrogens with one attached hydrogen (secondary N) is 4. The summed E-state index contributed by atoms with van der Waals surface area (Å²) in [7, 11) is 1.26. The lowest BCUT2D eigenvalue weighted by atomic mass is 9.98. The van der Waals surface area contributed by atoms with Crippen LogP contribution in [0.3, 0.4) is 0 Å². The van der Waals surface area contributed by atoms with Gasteiger partial charge in [-0.25, -0.2) is 19.2 Å². The number of imidazole rings is 2. The van der Waals surface area contributed by atoms with Crippen LogP contribution in [0.1, 0.15) is 54.1 Å². The predicted octanol–water partition coefficient (Wildman–Crippen LogP) is 5.77. The van der Waals surface area contributed by atoms with E-state index in [1.54, 1.807) is 43.5 Å². The second kappa shape index (κ2) is 12.0. The van der Waals surface area contributed by atoms with E-state index in [9.17, 15) is 18.8 Å². The smallest absolute Gasteiger partial charge is 0.411 e. The van der Waals surface area contributed by atoms with Gasteiger partial charge in [0.15, 0.2) is 5.82 Å². The number of hydrogen-bond donors (Lipinski definition) is 4. The molecule has 13 heteroatoms. The molecule has 2 aromatic carbocycles. The number of hydrogen-bond acceptors (Lipinski definition) is 6. The van der Waals surface area contributed by atoms with Crippen molar-refractivity contribution >= 4 is 40.9 Å². The van der Waals surface area contributed by atoms with Crippen LogP contribution >= 0.6 is 11.6 Å². The van der Waals surface area contributed by atoms with Crippen molar-refractivity contribution in [1.82, 2.24) is 24.8 Å². The fraction of sp³-hybridized carbons (Fsp3) is 0.276. The maximum Gasteiger partial charge on any atom is 0.411 e. The zero-order valence-corrected chi connectivity index (χ0v) is 23.9. The Morgan fingerprint density at radius 1 is 1.19 bits per heavy atom. The summed E-state index contributed by atoms with van der Waals surface area (Å²) >= 11 is 5.95. The molecule has 0 saturated carbocycles. The largest absolute Gasteiger partial charge is 0.453 e. The predicted molar refractivity (Wildman–Crippen MR) is 155 cm³/mol. The maximum atomic E-state index is 14.7. The molecule has 1 aliphatic heterocycles. The third kappa shape index (κ3) is 5.84. The summed E-state index contributed by atoms with van der Waals surface area (Å²) in [5.41, 5.74) is 2.93. The van der Waals surface area contributed by atoms with Crippen molar-refractivity contribution in [2.24, 2.45) is 5.92 Å². The molecule has 2 unspecified atom stereocenters. The molecule has 11 nitrogen and oxygen atoms in total. The Balaban J connectivity index is 1.45. The Morgan fingerprint density at radius 3 is 2.79 bits per heavy atom. The molecule has 4 N–H and O–H groups in total. The monoisotopic (exact) mass is 593 g/mol. The molecule has 3 amide bonds. The van der Waals surface area contributed by atoms with Crippen LogP contribution in [0.5, 0.6) is 0 Å². The van der Waals surface area contributed by atoms with Gasteiger partial charge in [-0.1, -0.05) is 31.0 Å². The molecule has 0 saturated heterocycles. The van der Waals surface area contributed by atoms with Crippen LogP contribution in [-0.4, -0.2) is 44.5 Å². The summed E-state index contributed by atoms with van der Waals surface area (Å²) in [6.07, 6.45) is 4.11. The number of halogens is 2. The molecule has 42 heavy (non-hydrogen) atoms. The number of methoxy groups -OCH3 is 1. The quantitative estimate of drug-likeness (QED) is 0.236. The fourth-order valence-corrected chi connectivity index (χ4v) is 5.02. The molecular weight excluding hydrogens is 565 g/mol. The van der Waals surface area contributed by atoms with Crippen molar-refractivity contribution in [3.8, 4) is 17.1 Å². The Bertz CT molecular complexity index is 1670. The minimum Gasteiger partial charge on any atom is -0.453 e. The highest BCUT2D eigenvalue weighted by atomic mass is 35.5. The molecule has 2 bridgehead atoms. The van der Waals surface area contributed by atoms with Crippen LogP contribution in [0.2, 0.25) is 5.02 Å². The van der Waals surface area contributed by atoms with Crippen molar-refractivity contribution in [3.05, 3.63) is 76.8 Å². The first-order chi connectivity index (χ1) is 20.2. The number of fused-ring (bicyclic) bond motifs is 4. The van der Waals surface area contributed by atoms with Crippen LogP contribution in [0.25, 0.3) is 17.1 Å². The van der Waals surface area contributed by atoms with Gasteiger partial charge in [-0.2, -0.15) is 0 Å². The molecule has 0 fully saturated rings. The molecule has 2 atom stereocenters. The Kier molecular flexibility index (Phi) is 8.25. The molecular formula is C29H29ClFN7O4. The van der Waals surface area contributed by atoms with Crippen LogP contribution in [0.4, 0.5) is 20.6 Å². The number of nitrogens with zero attached hydrogens (tertiary/aromatic N) is 3. The highest BCUT2D eigenvalue weighted by Crippen LogP contribution is 2.32. The van der Waals surface area contributed by atoms with Crippen LogP contribution in [-0.2, 0) is 9.53 Å². The molecule has 0 radical (unpaired) electrons. The van der Waals surface area contributed by atoms with Crippen molar-refractivity contribution < 1.29 is 23.5 Å². The number of ether oxygens (including phenoxy) is 1. The average Bonchev–Trinajstić information content (AvgIpc) is 3.60. The van der Waals surface area contributed by atoms with Crippen molar-refractivity contribution in [1.29, 1.82) is 0 Å². The van der Waals surface area contributed by atoms with E-state index in [2.05, 4.69) is 35.6 Å². The number of carbonyl (C=O) groups excluding carboxylic acids is 3. The van der Waals surface area contributed by atoms with Crippen molar-refractivity contribution in [3.63, 3.8) is 0 Å². The normalized spacial score (nSPS) is 16.8. The van der Waals surface area contributed by atoms with E-state index in [-0.39, 0.29) is 28.2 Å². The van der Waals surface area contributed by atoms with Gasteiger partial charge in [-0.15, -0.1) is 0 Å². The Labute approximate surface area is 245 Å². The molecule has 1 aliphatic rings. The van der Waals surface area contributed by atoms with Crippen LogP contribution in [0, 0.1) is 18.7 Å². The zero-order valence-electron chi connectivity index (χ0n) is 23.1. The number of H-pyrrole nitrogens is 1. The lowest BCUT2D eigenvalue weighted by Gasteiger charge is -2.20. The van der Waals surface area contributed by atoms with Gasteiger partial charge in [-0.3, -0.25) is 19.5 Å². The van der Waals surface area contributed by atoms with Gasteiger partial charge < -0.3 is 20.4 Å². The second-order valence-corrected chi connectivity index (χ2v) is 10.4. The summed E-state index contributed by atoms with van der Waals surface area (Å²) in [5, 5.41) is 8.54. The minimum absolute atomic E-state index is 0.0321. The molecule has 0 aliphatic carbocycles. The second-order valence-electron chi connectivity index (χ2n) is 10.0. The number of benzene rings is 2. The van der Waals surface area contributed by atoms with E-state index in [1.807, 2.05) is 6.92 Å². The van der Waals surface area contributed by atoms with Gasteiger partial charge in [0.05, 0.1) is 47.1 Å². The van der Waals surface area contributed by atoms with Gasteiger partial charge in [0, 0.05) is 17.2 Å². The highest BCUT2D eigenvalue weighted by molar-refractivity contribution is 6.30. The number of amides is 3. The molecule has 2 aromatic heterocycles. The van der Waals surface area contributed by atoms with E-state index in [1.165, 1.54) is 24.1 Å². The lowest BCUT2D eigenvalue weighted by molar-refractivity contribution is -0.119. The number of anilines is 2. The first kappa shape index (κ1) is 28.8. The Hall–Kier alpha value is -4.71. The van der Waals surface area contributed by atoms with E-state index < -0.39 is 23.9 Å². The SMILES string of the molecule is COC(=O)Nc1ccc2c(c1)NC(=O)C(C)CCCC(NC(=O)c1ncn(-c3cccc(Cl)c3F)c1C)c1cnc-2[nH]1. The van der Waals surface area contributed by atoms with Gasteiger partial charge in [0.1, 0.15) is 17.8 Å². The summed E-state index contributed by atoms with van der Waals surface area (Å²) < 4.78 is 20.8. The molecule has 218 valence electrons. The minimum atomic E-state index is -0.639. The fourth-order valence-electron chi connectivity index (χ4n) is 4.85. The summed E-state index contributed by atoms with van der Waals surface area (Å²) in [6.45, 7) is 3.51. The Morgan fingerprint density at radius 2 is 2.00 bits per heavy atom. The van der Waals surface area contributed by atoms with Gasteiger partial charge in [0.25, 0.3) is 5.91 Å². The number of rotatable bonds is 4. The maximum absolute atomic E-state index is 14.7. The molecule has 5 rings (SSSR count).